The second kappa shape index (κ2) is 12.0. The van der Waals surface area contributed by atoms with Crippen LogP contribution in [0.3, 0.4) is 0 Å². The van der Waals surface area contributed by atoms with Crippen LogP contribution in [-0.4, -0.2) is 0 Å². The van der Waals surface area contributed by atoms with Crippen LogP contribution in [0.25, 0.3) is 55.3 Å². The highest BCUT2D eigenvalue weighted by atomic mass is 15.1. The molecular weight excluding hydrogens is 651 g/mol. The topological polar surface area (TPSA) is 3.24 Å². The fraction of sp³-hybridized carbons (Fsp3) is 0.0189. The molecule has 0 atom stereocenters. The minimum absolute atomic E-state index is 0.350. The molecule has 0 amide bonds. The Morgan fingerprint density at radius 2 is 0.778 bits per heavy atom. The van der Waals surface area contributed by atoms with Crippen molar-refractivity contribution >= 4 is 27.8 Å². The lowest BCUT2D eigenvalue weighted by atomic mass is 9.70. The van der Waals surface area contributed by atoms with E-state index in [1.807, 2.05) is 0 Å². The van der Waals surface area contributed by atoms with Crippen LogP contribution in [0.4, 0.5) is 17.1 Å². The number of anilines is 3. The maximum absolute atomic E-state index is 2.42. The van der Waals surface area contributed by atoms with Crippen molar-refractivity contribution in [2.24, 2.45) is 0 Å². The zero-order valence-corrected chi connectivity index (χ0v) is 29.7. The van der Waals surface area contributed by atoms with Gasteiger partial charge in [-0.15, -0.1) is 0 Å². The van der Waals surface area contributed by atoms with Gasteiger partial charge in [-0.3, -0.25) is 0 Å². The van der Waals surface area contributed by atoms with Gasteiger partial charge in [0.05, 0.1) is 5.41 Å². The summed E-state index contributed by atoms with van der Waals surface area (Å²) in [5.41, 5.74) is 18.6. The second-order valence-electron chi connectivity index (χ2n) is 14.4. The maximum atomic E-state index is 2.42. The van der Waals surface area contributed by atoms with Gasteiger partial charge in [-0.05, 0) is 120 Å². The molecule has 1 spiro atoms. The average molecular weight is 686 g/mol. The van der Waals surface area contributed by atoms with Crippen molar-refractivity contribution in [1.82, 2.24) is 0 Å². The third kappa shape index (κ3) is 4.45. The highest BCUT2D eigenvalue weighted by Gasteiger charge is 2.51. The lowest BCUT2D eigenvalue weighted by Gasteiger charge is -2.31. The molecule has 0 fully saturated rings. The number of nitrogens with zero attached hydrogens (tertiary/aromatic N) is 1. The van der Waals surface area contributed by atoms with E-state index < -0.39 is 0 Å². The average Bonchev–Trinajstić information content (AvgIpc) is 3.71. The van der Waals surface area contributed by atoms with Gasteiger partial charge in [-0.25, -0.2) is 0 Å². The number of hydrogen-bond donors (Lipinski definition) is 0. The monoisotopic (exact) mass is 685 g/mol. The molecule has 0 radical (unpaired) electrons. The smallest absolute Gasteiger partial charge is 0.0725 e. The summed E-state index contributed by atoms with van der Waals surface area (Å²) >= 11 is 0. The van der Waals surface area contributed by atoms with Crippen molar-refractivity contribution in [3.05, 3.63) is 235 Å². The van der Waals surface area contributed by atoms with Crippen LogP contribution in [0.5, 0.6) is 0 Å². The lowest BCUT2D eigenvalue weighted by molar-refractivity contribution is 0.794. The minimum atomic E-state index is -0.350. The SMILES string of the molecule is c1ccc(-c2ccc3c(-c4ccc(N(c5ccccc5)c5ccc6c(c5)-c5ccccc5C65c6ccccc6-c6ccccc65)cc4)cccc3c2)cc1. The number of fused-ring (bicyclic) bond motifs is 11. The molecule has 1 heteroatoms. The van der Waals surface area contributed by atoms with Gasteiger partial charge in [0.1, 0.15) is 0 Å². The number of benzene rings is 9. The van der Waals surface area contributed by atoms with Crippen molar-refractivity contribution in [2.45, 2.75) is 5.41 Å². The quantitative estimate of drug-likeness (QED) is 0.174. The van der Waals surface area contributed by atoms with Crippen LogP contribution < -0.4 is 4.90 Å². The van der Waals surface area contributed by atoms with Crippen LogP contribution in [0, 0.1) is 0 Å². The number of para-hydroxylation sites is 1. The Kier molecular flexibility index (Phi) is 6.84. The normalized spacial score (nSPS) is 13.0. The first-order chi connectivity index (χ1) is 26.8. The first-order valence-electron chi connectivity index (χ1n) is 18.8. The molecule has 0 unspecified atom stereocenters. The van der Waals surface area contributed by atoms with Gasteiger partial charge in [-0.1, -0.05) is 170 Å². The van der Waals surface area contributed by atoms with E-state index in [1.54, 1.807) is 0 Å². The summed E-state index contributed by atoms with van der Waals surface area (Å²) in [7, 11) is 0. The lowest BCUT2D eigenvalue weighted by Crippen LogP contribution is -2.25. The van der Waals surface area contributed by atoms with E-state index in [4.69, 9.17) is 0 Å². The number of hydrogen-bond acceptors (Lipinski definition) is 1. The molecule has 11 rings (SSSR count). The third-order valence-corrected chi connectivity index (χ3v) is 11.7. The summed E-state index contributed by atoms with van der Waals surface area (Å²) in [6, 6.07) is 78.1. The van der Waals surface area contributed by atoms with E-state index in [9.17, 15) is 0 Å². The van der Waals surface area contributed by atoms with Gasteiger partial charge in [-0.2, -0.15) is 0 Å². The highest BCUT2D eigenvalue weighted by molar-refractivity contribution is 6.00. The van der Waals surface area contributed by atoms with Gasteiger partial charge < -0.3 is 4.90 Å². The van der Waals surface area contributed by atoms with E-state index in [-0.39, 0.29) is 5.41 Å². The molecule has 9 aromatic carbocycles. The Morgan fingerprint density at radius 1 is 0.278 bits per heavy atom. The minimum Gasteiger partial charge on any atom is -0.310 e. The molecular formula is C53H35N. The summed E-state index contributed by atoms with van der Waals surface area (Å²) in [6.45, 7) is 0. The Balaban J connectivity index is 1.04. The van der Waals surface area contributed by atoms with E-state index in [0.29, 0.717) is 0 Å². The Morgan fingerprint density at radius 3 is 1.44 bits per heavy atom. The molecule has 0 bridgehead atoms. The van der Waals surface area contributed by atoms with Crippen molar-refractivity contribution in [3.63, 3.8) is 0 Å². The molecule has 0 aliphatic heterocycles. The first-order valence-corrected chi connectivity index (χ1v) is 18.8. The molecule has 0 aromatic heterocycles. The van der Waals surface area contributed by atoms with E-state index >= 15 is 0 Å². The largest absolute Gasteiger partial charge is 0.310 e. The van der Waals surface area contributed by atoms with Crippen molar-refractivity contribution < 1.29 is 0 Å². The molecule has 0 saturated carbocycles. The number of rotatable bonds is 5. The summed E-state index contributed by atoms with van der Waals surface area (Å²) in [4.78, 5) is 2.39. The molecule has 252 valence electrons. The molecule has 2 aliphatic carbocycles. The first kappa shape index (κ1) is 30.6. The standard InChI is InChI=1S/C53H35N/c1-3-14-36(15-4-1)38-28-32-44-39(34-38)16-13-22-43(44)37-26-29-41(30-27-37)54(40-17-5-2-6-18-40)42-31-33-52-48(35-42)47-21-9-12-25-51(47)53(52)49-23-10-7-19-45(49)46-20-8-11-24-50(46)53/h1-35H. The van der Waals surface area contributed by atoms with Crippen LogP contribution in [0.15, 0.2) is 212 Å². The summed E-state index contributed by atoms with van der Waals surface area (Å²) in [6.07, 6.45) is 0. The van der Waals surface area contributed by atoms with Crippen molar-refractivity contribution in [3.8, 4) is 44.5 Å². The molecule has 0 saturated heterocycles. The molecule has 0 N–H and O–H groups in total. The second-order valence-corrected chi connectivity index (χ2v) is 14.4. The van der Waals surface area contributed by atoms with Crippen LogP contribution >= 0.6 is 0 Å². The summed E-state index contributed by atoms with van der Waals surface area (Å²) in [5, 5.41) is 2.50. The van der Waals surface area contributed by atoms with Gasteiger partial charge >= 0.3 is 0 Å². The fourth-order valence-corrected chi connectivity index (χ4v) is 9.39. The van der Waals surface area contributed by atoms with Crippen LogP contribution in [0.2, 0.25) is 0 Å². The highest BCUT2D eigenvalue weighted by Crippen LogP contribution is 2.63. The third-order valence-electron chi connectivity index (χ3n) is 11.7. The van der Waals surface area contributed by atoms with Gasteiger partial charge in [0.25, 0.3) is 0 Å². The van der Waals surface area contributed by atoms with Crippen molar-refractivity contribution in [1.29, 1.82) is 0 Å². The Bertz CT molecular complexity index is 2820. The molecule has 0 heterocycles. The Hall–Kier alpha value is -6.96. The predicted molar refractivity (Wildman–Crippen MR) is 226 cm³/mol. The van der Waals surface area contributed by atoms with E-state index in [0.717, 1.165) is 17.1 Å². The van der Waals surface area contributed by atoms with Crippen LogP contribution in [-0.2, 0) is 5.41 Å². The van der Waals surface area contributed by atoms with Gasteiger partial charge in [0.2, 0.25) is 0 Å². The fourth-order valence-electron chi connectivity index (χ4n) is 9.39. The summed E-state index contributed by atoms with van der Waals surface area (Å²) in [5.74, 6) is 0. The molecule has 2 aliphatic rings. The Labute approximate surface area is 316 Å². The van der Waals surface area contributed by atoms with E-state index in [1.165, 1.54) is 77.5 Å². The van der Waals surface area contributed by atoms with E-state index in [2.05, 4.69) is 217 Å². The van der Waals surface area contributed by atoms with Gasteiger partial charge in [0, 0.05) is 17.1 Å². The maximum Gasteiger partial charge on any atom is 0.0725 e. The zero-order chi connectivity index (χ0) is 35.6. The molecule has 9 aromatic rings. The van der Waals surface area contributed by atoms with Crippen LogP contribution in [0.1, 0.15) is 22.3 Å². The molecule has 54 heavy (non-hydrogen) atoms. The molecule has 1 nitrogen and oxygen atoms in total. The van der Waals surface area contributed by atoms with Crippen molar-refractivity contribution in [2.75, 3.05) is 4.90 Å². The summed E-state index contributed by atoms with van der Waals surface area (Å²) < 4.78 is 0. The zero-order valence-electron chi connectivity index (χ0n) is 29.7. The van der Waals surface area contributed by atoms with Gasteiger partial charge in [0.15, 0.2) is 0 Å². The predicted octanol–water partition coefficient (Wildman–Crippen LogP) is 14.0.